The van der Waals surface area contributed by atoms with Crippen LogP contribution in [0.2, 0.25) is 0 Å². The molecule has 22 heavy (non-hydrogen) atoms. The van der Waals surface area contributed by atoms with E-state index in [2.05, 4.69) is 46.8 Å². The van der Waals surface area contributed by atoms with E-state index in [0.717, 1.165) is 18.3 Å². The van der Waals surface area contributed by atoms with Gasteiger partial charge in [0, 0.05) is 5.54 Å². The number of unbranched alkanes of at least 4 members (excludes halogenated alkanes) is 1. The van der Waals surface area contributed by atoms with Gasteiger partial charge in [0.1, 0.15) is 0 Å². The first-order chi connectivity index (χ1) is 10.4. The van der Waals surface area contributed by atoms with Crippen molar-refractivity contribution in [1.29, 1.82) is 0 Å². The van der Waals surface area contributed by atoms with E-state index < -0.39 is 0 Å². The third-order valence-electron chi connectivity index (χ3n) is 7.57. The second kappa shape index (κ2) is 7.07. The van der Waals surface area contributed by atoms with Gasteiger partial charge >= 0.3 is 0 Å². The summed E-state index contributed by atoms with van der Waals surface area (Å²) in [6.07, 6.45) is 15.0. The molecule has 0 aromatic heterocycles. The predicted molar refractivity (Wildman–Crippen MR) is 97.8 cm³/mol. The van der Waals surface area contributed by atoms with E-state index in [1.54, 1.807) is 0 Å². The van der Waals surface area contributed by atoms with Crippen LogP contribution in [0.25, 0.3) is 0 Å². The Morgan fingerprint density at radius 3 is 2.55 bits per heavy atom. The zero-order valence-electron chi connectivity index (χ0n) is 15.7. The maximum Gasteiger partial charge on any atom is 0.0254 e. The van der Waals surface area contributed by atoms with E-state index in [0.29, 0.717) is 17.3 Å². The molecule has 1 nitrogen and oxygen atoms in total. The molecule has 0 heterocycles. The summed E-state index contributed by atoms with van der Waals surface area (Å²) in [5, 5.41) is 0. The molecule has 2 rings (SSSR count). The van der Waals surface area contributed by atoms with Crippen LogP contribution in [-0.4, -0.2) is 5.54 Å². The van der Waals surface area contributed by atoms with Gasteiger partial charge in [0.15, 0.2) is 0 Å². The van der Waals surface area contributed by atoms with Crippen LogP contribution < -0.4 is 5.73 Å². The summed E-state index contributed by atoms with van der Waals surface area (Å²) < 4.78 is 0. The van der Waals surface area contributed by atoms with Gasteiger partial charge in [-0.25, -0.2) is 0 Å². The fourth-order valence-electron chi connectivity index (χ4n) is 5.68. The molecule has 0 radical (unpaired) electrons. The van der Waals surface area contributed by atoms with Crippen molar-refractivity contribution >= 4 is 0 Å². The zero-order valence-corrected chi connectivity index (χ0v) is 15.7. The molecular formula is C21H39N. The van der Waals surface area contributed by atoms with Crippen molar-refractivity contribution in [2.75, 3.05) is 0 Å². The van der Waals surface area contributed by atoms with E-state index in [4.69, 9.17) is 5.73 Å². The monoisotopic (exact) mass is 305 g/mol. The lowest BCUT2D eigenvalue weighted by Gasteiger charge is -2.56. The van der Waals surface area contributed by atoms with E-state index >= 15 is 0 Å². The number of hydrogen-bond donors (Lipinski definition) is 1. The van der Waals surface area contributed by atoms with Crippen LogP contribution >= 0.6 is 0 Å². The molecule has 0 aliphatic heterocycles. The fourth-order valence-corrected chi connectivity index (χ4v) is 5.68. The lowest BCUT2D eigenvalue weighted by Crippen LogP contribution is -2.61. The predicted octanol–water partition coefficient (Wildman–Crippen LogP) is 5.94. The third-order valence-corrected chi connectivity index (χ3v) is 7.57. The van der Waals surface area contributed by atoms with E-state index in [1.807, 2.05) is 0 Å². The van der Waals surface area contributed by atoms with Gasteiger partial charge in [-0.1, -0.05) is 59.6 Å². The van der Waals surface area contributed by atoms with Crippen LogP contribution in [-0.2, 0) is 0 Å². The zero-order chi connectivity index (χ0) is 16.4. The molecule has 0 saturated heterocycles. The number of rotatable bonds is 6. The lowest BCUT2D eigenvalue weighted by atomic mass is 9.52. The minimum Gasteiger partial charge on any atom is -0.324 e. The Kier molecular flexibility index (Phi) is 5.80. The molecule has 2 fully saturated rings. The third kappa shape index (κ3) is 3.03. The average molecular weight is 306 g/mol. The van der Waals surface area contributed by atoms with Crippen molar-refractivity contribution in [3.05, 3.63) is 12.2 Å². The first-order valence-corrected chi connectivity index (χ1v) is 9.84. The van der Waals surface area contributed by atoms with Gasteiger partial charge in [-0.15, -0.1) is 0 Å². The summed E-state index contributed by atoms with van der Waals surface area (Å²) in [5.74, 6) is 3.02. The van der Waals surface area contributed by atoms with Crippen molar-refractivity contribution in [2.45, 2.75) is 91.5 Å². The van der Waals surface area contributed by atoms with Crippen LogP contribution in [0.5, 0.6) is 0 Å². The Labute approximate surface area is 139 Å². The normalized spacial score (nSPS) is 43.5. The van der Waals surface area contributed by atoms with Gasteiger partial charge in [0.25, 0.3) is 0 Å². The summed E-state index contributed by atoms with van der Waals surface area (Å²) in [4.78, 5) is 0. The van der Waals surface area contributed by atoms with E-state index in [1.165, 1.54) is 44.9 Å². The topological polar surface area (TPSA) is 26.0 Å². The Balaban J connectivity index is 2.27. The maximum atomic E-state index is 7.24. The van der Waals surface area contributed by atoms with Gasteiger partial charge in [-0.3, -0.25) is 0 Å². The molecule has 1 heteroatoms. The molecule has 128 valence electrons. The standard InChI is InChI=1S/C21H39N/c1-6-8-9-10-14-21(22)18(16(3)7-2)13-15-20(5)17(4)11-12-19(20)21/h9-10,16-19H,6-8,11-15,22H2,1-5H3/b10-9+. The van der Waals surface area contributed by atoms with Crippen molar-refractivity contribution in [1.82, 2.24) is 0 Å². The molecule has 2 N–H and O–H groups in total. The van der Waals surface area contributed by atoms with Crippen LogP contribution in [0.3, 0.4) is 0 Å². The summed E-state index contributed by atoms with van der Waals surface area (Å²) in [6.45, 7) is 12.0. The summed E-state index contributed by atoms with van der Waals surface area (Å²) in [7, 11) is 0. The Morgan fingerprint density at radius 1 is 1.18 bits per heavy atom. The van der Waals surface area contributed by atoms with Crippen molar-refractivity contribution in [2.24, 2.45) is 34.8 Å². The SMILES string of the molecule is CCC/C=C/CC1(N)C(C(C)CC)CCC2(C)C(C)CCC21. The highest BCUT2D eigenvalue weighted by molar-refractivity contribution is 5.14. The Hall–Kier alpha value is -0.300. The highest BCUT2D eigenvalue weighted by Gasteiger charge is 2.58. The largest absolute Gasteiger partial charge is 0.324 e. The molecule has 6 atom stereocenters. The fraction of sp³-hybridized carbons (Fsp3) is 0.905. The summed E-state index contributed by atoms with van der Waals surface area (Å²) in [5.41, 5.74) is 7.75. The maximum absolute atomic E-state index is 7.24. The first-order valence-electron chi connectivity index (χ1n) is 9.84. The molecule has 2 saturated carbocycles. The molecule has 0 aromatic carbocycles. The van der Waals surface area contributed by atoms with Crippen molar-refractivity contribution in [3.8, 4) is 0 Å². The molecular weight excluding hydrogens is 266 g/mol. The van der Waals surface area contributed by atoms with Gasteiger partial charge in [-0.05, 0) is 67.6 Å². The number of fused-ring (bicyclic) bond motifs is 1. The van der Waals surface area contributed by atoms with Gasteiger partial charge < -0.3 is 5.73 Å². The molecule has 2 aliphatic carbocycles. The smallest absolute Gasteiger partial charge is 0.0254 e. The molecule has 0 spiro atoms. The molecule has 0 amide bonds. The highest BCUT2D eigenvalue weighted by atomic mass is 14.8. The quantitative estimate of drug-likeness (QED) is 0.604. The van der Waals surface area contributed by atoms with Gasteiger partial charge in [0.05, 0.1) is 0 Å². The number of allylic oxidation sites excluding steroid dienone is 1. The number of hydrogen-bond acceptors (Lipinski definition) is 1. The molecule has 2 aliphatic rings. The Morgan fingerprint density at radius 2 is 1.91 bits per heavy atom. The van der Waals surface area contributed by atoms with Crippen LogP contribution in [0.1, 0.15) is 86.0 Å². The van der Waals surface area contributed by atoms with Crippen LogP contribution in [0.4, 0.5) is 0 Å². The summed E-state index contributed by atoms with van der Waals surface area (Å²) >= 11 is 0. The van der Waals surface area contributed by atoms with E-state index in [-0.39, 0.29) is 5.54 Å². The summed E-state index contributed by atoms with van der Waals surface area (Å²) in [6, 6.07) is 0. The lowest BCUT2D eigenvalue weighted by molar-refractivity contribution is -0.0237. The first kappa shape index (κ1) is 18.0. The van der Waals surface area contributed by atoms with Crippen molar-refractivity contribution in [3.63, 3.8) is 0 Å². The van der Waals surface area contributed by atoms with Crippen LogP contribution in [0.15, 0.2) is 12.2 Å². The number of nitrogens with two attached hydrogens (primary N) is 1. The van der Waals surface area contributed by atoms with Gasteiger partial charge in [0.2, 0.25) is 0 Å². The molecule has 6 unspecified atom stereocenters. The molecule has 0 bridgehead atoms. The second-order valence-electron chi connectivity index (χ2n) is 8.64. The average Bonchev–Trinajstić information content (AvgIpc) is 2.80. The highest BCUT2D eigenvalue weighted by Crippen LogP contribution is 2.61. The second-order valence-corrected chi connectivity index (χ2v) is 8.64. The minimum atomic E-state index is 0.0252. The molecule has 0 aromatic rings. The Bertz CT molecular complexity index is 387. The van der Waals surface area contributed by atoms with E-state index in [9.17, 15) is 0 Å². The van der Waals surface area contributed by atoms with Crippen LogP contribution in [0, 0.1) is 29.1 Å². The minimum absolute atomic E-state index is 0.0252. The van der Waals surface area contributed by atoms with Crippen molar-refractivity contribution < 1.29 is 0 Å². The van der Waals surface area contributed by atoms with Gasteiger partial charge in [-0.2, -0.15) is 0 Å².